The van der Waals surface area contributed by atoms with Crippen LogP contribution in [0.15, 0.2) is 23.1 Å². The Hall–Kier alpha value is -0.680. The van der Waals surface area contributed by atoms with E-state index < -0.39 is 11.7 Å². The third-order valence-corrected chi connectivity index (χ3v) is 2.35. The van der Waals surface area contributed by atoms with Crippen LogP contribution in [0.1, 0.15) is 11.1 Å². The molecule has 0 aliphatic heterocycles. The van der Waals surface area contributed by atoms with Crippen molar-refractivity contribution in [3.05, 3.63) is 35.9 Å². The molecule has 0 unspecified atom stereocenters. The van der Waals surface area contributed by atoms with Gasteiger partial charge in [-0.15, -0.1) is 11.8 Å². The number of halogens is 3. The predicted molar refractivity (Wildman–Crippen MR) is 48.6 cm³/mol. The molecule has 1 nitrogen and oxygen atoms in total. The highest BCUT2D eigenvalue weighted by Crippen LogP contribution is 2.32. The summed E-state index contributed by atoms with van der Waals surface area (Å²) >= 11 is 1.20. The molecule has 1 aromatic carbocycles. The third kappa shape index (κ3) is 2.65. The van der Waals surface area contributed by atoms with Gasteiger partial charge in [0.1, 0.15) is 6.61 Å². The Morgan fingerprint density at radius 2 is 1.93 bits per heavy atom. The fourth-order valence-electron chi connectivity index (χ4n) is 0.978. The smallest absolute Gasteiger partial charge is 0.385 e. The molecule has 5 heteroatoms. The normalized spacial score (nSPS) is 11.8. The van der Waals surface area contributed by atoms with E-state index in [0.29, 0.717) is 11.5 Å². The molecule has 0 saturated heterocycles. The average molecular weight is 221 g/mol. The van der Waals surface area contributed by atoms with Crippen LogP contribution < -0.4 is 0 Å². The zero-order valence-corrected chi connectivity index (χ0v) is 8.12. The highest BCUT2D eigenvalue weighted by molar-refractivity contribution is 7.98. The van der Waals surface area contributed by atoms with Crippen LogP contribution in [-0.4, -0.2) is 11.4 Å². The van der Waals surface area contributed by atoms with Gasteiger partial charge in [-0.3, -0.25) is 0 Å². The highest BCUT2D eigenvalue weighted by Gasteiger charge is 2.31. The van der Waals surface area contributed by atoms with Gasteiger partial charge in [0.25, 0.3) is 0 Å². The molecular weight excluding hydrogens is 213 g/mol. The second-order valence-electron chi connectivity index (χ2n) is 2.62. The molecule has 0 atom stereocenters. The SMILES string of the molecule is CSc1cc([CH]O)cc(C(F)(F)F)c1. The summed E-state index contributed by atoms with van der Waals surface area (Å²) in [5, 5.41) is 8.65. The van der Waals surface area contributed by atoms with E-state index in [2.05, 4.69) is 0 Å². The molecule has 1 radical (unpaired) electrons. The molecular formula is C9H8F3OS. The molecule has 0 spiro atoms. The lowest BCUT2D eigenvalue weighted by Crippen LogP contribution is -2.05. The molecule has 0 aliphatic rings. The van der Waals surface area contributed by atoms with Crippen molar-refractivity contribution in [2.45, 2.75) is 11.1 Å². The zero-order valence-electron chi connectivity index (χ0n) is 7.30. The Labute approximate surface area is 83.9 Å². The lowest BCUT2D eigenvalue weighted by Gasteiger charge is -2.09. The van der Waals surface area contributed by atoms with Crippen molar-refractivity contribution in [1.82, 2.24) is 0 Å². The minimum absolute atomic E-state index is 0.157. The number of hydrogen-bond donors (Lipinski definition) is 1. The average Bonchev–Trinajstić information content (AvgIpc) is 2.15. The first-order chi connectivity index (χ1) is 6.47. The standard InChI is InChI=1S/C9H8F3OS/c1-14-8-3-6(5-13)2-7(4-8)9(10,11)12/h2-5,13H,1H3. The molecule has 1 rings (SSSR count). The quantitative estimate of drug-likeness (QED) is 0.773. The van der Waals surface area contributed by atoms with Gasteiger partial charge in [0.05, 0.1) is 5.56 Å². The Morgan fingerprint density at radius 3 is 2.36 bits per heavy atom. The number of alkyl halides is 3. The number of rotatable bonds is 2. The second-order valence-corrected chi connectivity index (χ2v) is 3.50. The molecule has 0 bridgehead atoms. The van der Waals surface area contributed by atoms with E-state index in [9.17, 15) is 13.2 Å². The van der Waals surface area contributed by atoms with Crippen molar-refractivity contribution in [3.63, 3.8) is 0 Å². The molecule has 1 N–H and O–H groups in total. The molecule has 0 saturated carbocycles. The molecule has 0 amide bonds. The molecule has 77 valence electrons. The van der Waals surface area contributed by atoms with E-state index in [1.54, 1.807) is 6.26 Å². The van der Waals surface area contributed by atoms with Gasteiger partial charge in [0, 0.05) is 4.90 Å². The maximum absolute atomic E-state index is 12.3. The summed E-state index contributed by atoms with van der Waals surface area (Å²) in [5.74, 6) is 0. The van der Waals surface area contributed by atoms with Crippen LogP contribution in [0.4, 0.5) is 13.2 Å². The van der Waals surface area contributed by atoms with Crippen LogP contribution in [0.2, 0.25) is 0 Å². The molecule has 0 heterocycles. The first kappa shape index (κ1) is 11.4. The van der Waals surface area contributed by atoms with Crippen molar-refractivity contribution in [2.75, 3.05) is 6.26 Å². The monoisotopic (exact) mass is 221 g/mol. The molecule has 14 heavy (non-hydrogen) atoms. The Balaban J connectivity index is 3.17. The minimum atomic E-state index is -4.37. The maximum atomic E-state index is 12.3. The zero-order chi connectivity index (χ0) is 10.8. The van der Waals surface area contributed by atoms with Gasteiger partial charge in [-0.1, -0.05) is 0 Å². The van der Waals surface area contributed by atoms with Crippen LogP contribution >= 0.6 is 11.8 Å². The van der Waals surface area contributed by atoms with Crippen molar-refractivity contribution >= 4 is 11.8 Å². The summed E-state index contributed by atoms with van der Waals surface area (Å²) in [6.07, 6.45) is -2.69. The maximum Gasteiger partial charge on any atom is 0.416 e. The van der Waals surface area contributed by atoms with E-state index in [4.69, 9.17) is 5.11 Å². The molecule has 0 fully saturated rings. The van der Waals surface area contributed by atoms with Gasteiger partial charge in [-0.25, -0.2) is 0 Å². The van der Waals surface area contributed by atoms with Gasteiger partial charge in [-0.05, 0) is 30.0 Å². The van der Waals surface area contributed by atoms with Crippen LogP contribution in [0.25, 0.3) is 0 Å². The van der Waals surface area contributed by atoms with Crippen molar-refractivity contribution in [1.29, 1.82) is 0 Å². The fourth-order valence-corrected chi connectivity index (χ4v) is 1.48. The van der Waals surface area contributed by atoms with Crippen LogP contribution in [0.3, 0.4) is 0 Å². The predicted octanol–water partition coefficient (Wildman–Crippen LogP) is 3.31. The third-order valence-electron chi connectivity index (χ3n) is 1.64. The van der Waals surface area contributed by atoms with E-state index in [1.807, 2.05) is 0 Å². The summed E-state index contributed by atoms with van der Waals surface area (Å²) < 4.78 is 36.9. The Morgan fingerprint density at radius 1 is 1.29 bits per heavy atom. The first-order valence-corrected chi connectivity index (χ1v) is 4.93. The van der Waals surface area contributed by atoms with Crippen molar-refractivity contribution in [2.24, 2.45) is 0 Å². The summed E-state index contributed by atoms with van der Waals surface area (Å²) in [6.45, 7) is 0.662. The van der Waals surface area contributed by atoms with Gasteiger partial charge in [-0.2, -0.15) is 13.2 Å². The summed E-state index contributed by atoms with van der Waals surface area (Å²) in [7, 11) is 0. The van der Waals surface area contributed by atoms with Crippen LogP contribution in [-0.2, 0) is 6.18 Å². The second kappa shape index (κ2) is 4.23. The van der Waals surface area contributed by atoms with E-state index in [0.717, 1.165) is 12.1 Å². The van der Waals surface area contributed by atoms with E-state index in [1.165, 1.54) is 17.8 Å². The largest absolute Gasteiger partial charge is 0.416 e. The van der Waals surface area contributed by atoms with Gasteiger partial charge in [0.2, 0.25) is 0 Å². The van der Waals surface area contributed by atoms with Crippen molar-refractivity contribution in [3.8, 4) is 0 Å². The van der Waals surface area contributed by atoms with Gasteiger partial charge >= 0.3 is 6.18 Å². The lowest BCUT2D eigenvalue weighted by atomic mass is 10.1. The van der Waals surface area contributed by atoms with Crippen LogP contribution in [0.5, 0.6) is 0 Å². The Bertz CT molecular complexity index is 300. The topological polar surface area (TPSA) is 20.2 Å². The van der Waals surface area contributed by atoms with Gasteiger partial charge < -0.3 is 5.11 Å². The number of benzene rings is 1. The van der Waals surface area contributed by atoms with E-state index in [-0.39, 0.29) is 5.56 Å². The van der Waals surface area contributed by atoms with E-state index >= 15 is 0 Å². The van der Waals surface area contributed by atoms with Crippen LogP contribution in [0, 0.1) is 6.61 Å². The highest BCUT2D eigenvalue weighted by atomic mass is 32.2. The minimum Gasteiger partial charge on any atom is -0.385 e. The van der Waals surface area contributed by atoms with Crippen molar-refractivity contribution < 1.29 is 18.3 Å². The molecule has 0 aromatic heterocycles. The number of thioether (sulfide) groups is 1. The number of aliphatic hydroxyl groups is 1. The summed E-state index contributed by atoms with van der Waals surface area (Å²) in [6, 6.07) is 3.44. The fraction of sp³-hybridized carbons (Fsp3) is 0.222. The molecule has 0 aliphatic carbocycles. The summed E-state index contributed by atoms with van der Waals surface area (Å²) in [5.41, 5.74) is -0.589. The summed E-state index contributed by atoms with van der Waals surface area (Å²) in [4.78, 5) is 0.472. The van der Waals surface area contributed by atoms with Gasteiger partial charge in [0.15, 0.2) is 0 Å². The lowest BCUT2D eigenvalue weighted by molar-refractivity contribution is -0.137. The first-order valence-electron chi connectivity index (χ1n) is 3.71. The number of hydrogen-bond acceptors (Lipinski definition) is 2. The Kier molecular flexibility index (Phi) is 3.44. The molecule has 1 aromatic rings. The number of aliphatic hydroxyl groups excluding tert-OH is 1.